The zero-order valence-corrected chi connectivity index (χ0v) is 29.4. The van der Waals surface area contributed by atoms with Gasteiger partial charge in [-0.2, -0.15) is 0 Å². The predicted octanol–water partition coefficient (Wildman–Crippen LogP) is 5.69. The van der Waals surface area contributed by atoms with Crippen LogP contribution in [0.2, 0.25) is 22.2 Å². The second-order valence-electron chi connectivity index (χ2n) is 12.5. The Balaban J connectivity index is 1.86. The van der Waals surface area contributed by atoms with E-state index < -0.39 is 58.9 Å². The van der Waals surface area contributed by atoms with Gasteiger partial charge in [0.25, 0.3) is 5.56 Å². The lowest BCUT2D eigenvalue weighted by Gasteiger charge is -2.51. The molecule has 1 aromatic carbocycles. The van der Waals surface area contributed by atoms with Crippen LogP contribution in [0.5, 0.6) is 0 Å². The van der Waals surface area contributed by atoms with Crippen LogP contribution >= 0.6 is 15.9 Å². The molecule has 1 aromatic heterocycles. The average molecular weight is 684 g/mol. The van der Waals surface area contributed by atoms with Crippen molar-refractivity contribution in [2.45, 2.75) is 109 Å². The Morgan fingerprint density at radius 3 is 2.10 bits per heavy atom. The first-order valence-electron chi connectivity index (χ1n) is 14.6. The fourth-order valence-electron chi connectivity index (χ4n) is 6.02. The SMILES string of the molecule is Cc1cn([C@@H]2O[C@@H]3CO[Si](C(C)C)(C(C)C)O[Si](C(C)C)(C(C)C)O[C@@H]3C2OC(=O)c2ccc(Br)cc2)c(=O)[nH]c1=O. The largest absolute Gasteiger partial charge is 0.451 e. The number of carbonyl (C=O) groups excluding carboxylic acids is 1. The molecule has 0 radical (unpaired) electrons. The Kier molecular flexibility index (Phi) is 9.92. The molecule has 4 atom stereocenters. The Morgan fingerprint density at radius 1 is 0.976 bits per heavy atom. The quantitative estimate of drug-likeness (QED) is 0.293. The molecule has 13 heteroatoms. The van der Waals surface area contributed by atoms with Gasteiger partial charge >= 0.3 is 28.8 Å². The maximum absolute atomic E-state index is 13.5. The molecule has 1 N–H and O–H groups in total. The van der Waals surface area contributed by atoms with E-state index in [0.717, 1.165) is 4.47 Å². The van der Waals surface area contributed by atoms with Gasteiger partial charge in [0.05, 0.1) is 12.2 Å². The molecule has 2 saturated heterocycles. The zero-order chi connectivity index (χ0) is 31.1. The highest BCUT2D eigenvalue weighted by atomic mass is 79.9. The van der Waals surface area contributed by atoms with Crippen LogP contribution in [-0.2, 0) is 22.4 Å². The van der Waals surface area contributed by atoms with Crippen molar-refractivity contribution in [2.24, 2.45) is 0 Å². The van der Waals surface area contributed by atoms with Crippen molar-refractivity contribution in [1.29, 1.82) is 0 Å². The molecule has 1 unspecified atom stereocenters. The van der Waals surface area contributed by atoms with Gasteiger partial charge in [-0.15, -0.1) is 0 Å². The molecule has 2 fully saturated rings. The molecule has 0 bridgehead atoms. The van der Waals surface area contributed by atoms with Crippen LogP contribution in [0.1, 0.15) is 77.5 Å². The number of halogens is 1. The third-order valence-corrected chi connectivity index (χ3v) is 19.1. The molecule has 3 heterocycles. The first kappa shape index (κ1) is 33.0. The number of aromatic nitrogens is 2. The number of nitrogens with one attached hydrogen (secondary N) is 1. The summed E-state index contributed by atoms with van der Waals surface area (Å²) in [6.07, 6.45) is -2.10. The monoisotopic (exact) mass is 682 g/mol. The summed E-state index contributed by atoms with van der Waals surface area (Å²) < 4.78 is 36.1. The number of aryl methyl sites for hydroxylation is 1. The highest BCUT2D eigenvalue weighted by Crippen LogP contribution is 2.48. The minimum atomic E-state index is -3.10. The molecule has 0 saturated carbocycles. The van der Waals surface area contributed by atoms with Crippen molar-refractivity contribution in [2.75, 3.05) is 6.61 Å². The summed E-state index contributed by atoms with van der Waals surface area (Å²) in [4.78, 5) is 41.1. The van der Waals surface area contributed by atoms with E-state index in [1.165, 1.54) is 10.8 Å². The van der Waals surface area contributed by atoms with Gasteiger partial charge in [0.15, 0.2) is 12.3 Å². The number of hydrogen-bond donors (Lipinski definition) is 1. The maximum Gasteiger partial charge on any atom is 0.338 e. The van der Waals surface area contributed by atoms with Crippen molar-refractivity contribution in [3.63, 3.8) is 0 Å². The van der Waals surface area contributed by atoms with Crippen LogP contribution in [0, 0.1) is 6.92 Å². The molecule has 0 aliphatic carbocycles. The Morgan fingerprint density at radius 2 is 1.55 bits per heavy atom. The first-order valence-corrected chi connectivity index (χ1v) is 19.3. The van der Waals surface area contributed by atoms with Gasteiger partial charge in [0.2, 0.25) is 0 Å². The molecule has 4 rings (SSSR count). The van der Waals surface area contributed by atoms with E-state index in [-0.39, 0.29) is 28.8 Å². The van der Waals surface area contributed by atoms with Crippen LogP contribution in [0.15, 0.2) is 44.5 Å². The lowest BCUT2D eigenvalue weighted by molar-refractivity contribution is -0.0626. The summed E-state index contributed by atoms with van der Waals surface area (Å²) in [7, 11) is -5.95. The minimum Gasteiger partial charge on any atom is -0.451 e. The molecule has 10 nitrogen and oxygen atoms in total. The topological polar surface area (TPSA) is 118 Å². The lowest BCUT2D eigenvalue weighted by atomic mass is 10.1. The lowest BCUT2D eigenvalue weighted by Crippen LogP contribution is -2.66. The first-order chi connectivity index (χ1) is 19.6. The fourth-order valence-corrected chi connectivity index (χ4v) is 17.5. The molecule has 232 valence electrons. The molecular formula is C29H43BrN2O8Si2. The van der Waals surface area contributed by atoms with Gasteiger partial charge in [-0.1, -0.05) is 71.3 Å². The predicted molar refractivity (Wildman–Crippen MR) is 167 cm³/mol. The van der Waals surface area contributed by atoms with Crippen LogP contribution in [-0.4, -0.2) is 57.6 Å². The van der Waals surface area contributed by atoms with Crippen molar-refractivity contribution < 1.29 is 27.2 Å². The normalized spacial score (nSPS) is 25.5. The van der Waals surface area contributed by atoms with Crippen molar-refractivity contribution in [3.8, 4) is 0 Å². The maximum atomic E-state index is 13.5. The summed E-state index contributed by atoms with van der Waals surface area (Å²) >= 11 is 3.39. The van der Waals surface area contributed by atoms with Crippen molar-refractivity contribution in [3.05, 3.63) is 66.9 Å². The second-order valence-corrected chi connectivity index (χ2v) is 22.2. The molecular weight excluding hydrogens is 640 g/mol. The van der Waals surface area contributed by atoms with Crippen molar-refractivity contribution in [1.82, 2.24) is 9.55 Å². The standard InChI is InChI=1S/C29H43BrN2O8Si2/c1-16(2)41(17(3)4)36-15-23-24(39-42(40-41,18(5)6)19(7)8)25(38-28(34)21-10-12-22(30)13-11-21)27(37-23)32-14-20(9)26(33)31-29(32)35/h10-14,16-19,23-25,27H,15H2,1-9H3,(H,31,33,35)/t23-,24+,25?,27-/m1/s1. The van der Waals surface area contributed by atoms with Gasteiger partial charge < -0.3 is 22.4 Å². The van der Waals surface area contributed by atoms with E-state index in [1.807, 2.05) is 0 Å². The Labute approximate surface area is 257 Å². The Bertz CT molecular complexity index is 1380. The summed E-state index contributed by atoms with van der Waals surface area (Å²) in [6, 6.07) is 6.82. The van der Waals surface area contributed by atoms with Gasteiger partial charge in [0.1, 0.15) is 12.2 Å². The van der Waals surface area contributed by atoms with Crippen molar-refractivity contribution >= 4 is 39.0 Å². The number of H-pyrrole nitrogens is 1. The number of carbonyl (C=O) groups is 1. The molecule has 2 aliphatic rings. The summed E-state index contributed by atoms with van der Waals surface area (Å²) in [6.45, 7) is 18.7. The molecule has 2 aliphatic heterocycles. The van der Waals surface area contributed by atoms with Gasteiger partial charge in [-0.05, 0) is 53.4 Å². The highest BCUT2D eigenvalue weighted by Gasteiger charge is 2.62. The van der Waals surface area contributed by atoms with Crippen LogP contribution in [0.3, 0.4) is 0 Å². The molecule has 0 amide bonds. The highest BCUT2D eigenvalue weighted by molar-refractivity contribution is 9.10. The number of ether oxygens (including phenoxy) is 2. The second kappa shape index (κ2) is 12.6. The molecule has 2 aromatic rings. The summed E-state index contributed by atoms with van der Waals surface area (Å²) in [5.41, 5.74) is -0.174. The number of esters is 1. The van der Waals surface area contributed by atoms with Crippen LogP contribution < -0.4 is 11.2 Å². The van der Waals surface area contributed by atoms with Gasteiger partial charge in [-0.3, -0.25) is 14.3 Å². The molecule has 42 heavy (non-hydrogen) atoms. The van der Waals surface area contributed by atoms with Crippen LogP contribution in [0.25, 0.3) is 0 Å². The number of hydrogen-bond acceptors (Lipinski definition) is 8. The number of fused-ring (bicyclic) bond motifs is 1. The summed E-state index contributed by atoms with van der Waals surface area (Å²) in [5, 5.41) is 0. The smallest absolute Gasteiger partial charge is 0.338 e. The summed E-state index contributed by atoms with van der Waals surface area (Å²) in [5.74, 6) is -0.585. The number of nitrogens with zero attached hydrogens (tertiary/aromatic N) is 1. The number of benzene rings is 1. The number of aromatic amines is 1. The Hall–Kier alpha value is -1.88. The van der Waals surface area contributed by atoms with Gasteiger partial charge in [0, 0.05) is 16.2 Å². The third kappa shape index (κ3) is 6.06. The number of rotatable bonds is 7. The third-order valence-electron chi connectivity index (χ3n) is 8.36. The molecule has 0 spiro atoms. The average Bonchev–Trinajstić information content (AvgIpc) is 3.21. The fraction of sp³-hybridized carbons (Fsp3) is 0.621. The van der Waals surface area contributed by atoms with Gasteiger partial charge in [-0.25, -0.2) is 9.59 Å². The van der Waals surface area contributed by atoms with E-state index in [2.05, 4.69) is 76.3 Å². The van der Waals surface area contributed by atoms with E-state index in [4.69, 9.17) is 22.4 Å². The zero-order valence-electron chi connectivity index (χ0n) is 25.8. The van der Waals surface area contributed by atoms with Crippen LogP contribution in [0.4, 0.5) is 0 Å². The van der Waals surface area contributed by atoms with E-state index in [1.54, 1.807) is 31.2 Å². The van der Waals surface area contributed by atoms with E-state index in [0.29, 0.717) is 11.1 Å². The van der Waals surface area contributed by atoms with E-state index in [9.17, 15) is 14.4 Å². The van der Waals surface area contributed by atoms with E-state index >= 15 is 0 Å². The minimum absolute atomic E-state index is 0.0316.